The van der Waals surface area contributed by atoms with Crippen LogP contribution in [-0.4, -0.2) is 36.1 Å². The number of urea groups is 1. The lowest BCUT2D eigenvalue weighted by atomic mass is 10.2. The Bertz CT molecular complexity index is 492. The summed E-state index contributed by atoms with van der Waals surface area (Å²) in [5.41, 5.74) is 1.08. The van der Waals surface area contributed by atoms with Gasteiger partial charge in [-0.25, -0.2) is 4.79 Å². The van der Waals surface area contributed by atoms with Crippen LogP contribution in [0.3, 0.4) is 0 Å². The van der Waals surface area contributed by atoms with Gasteiger partial charge in [0, 0.05) is 18.6 Å². The number of nitrogens with one attached hydrogen (secondary N) is 2. The van der Waals surface area contributed by atoms with Crippen molar-refractivity contribution in [3.05, 3.63) is 35.9 Å². The van der Waals surface area contributed by atoms with Crippen molar-refractivity contribution in [2.45, 2.75) is 46.3 Å². The zero-order valence-electron chi connectivity index (χ0n) is 14.0. The SMILES string of the molecule is CC(C)N(CC#CCNC(=O)NCc1ccccc1)C(C)C. The highest BCUT2D eigenvalue weighted by molar-refractivity contribution is 5.74. The molecule has 0 saturated heterocycles. The first-order valence-corrected chi connectivity index (χ1v) is 7.77. The standard InChI is InChI=1S/C18H27N3O/c1-15(2)21(16(3)4)13-9-8-12-19-18(22)20-14-17-10-6-5-7-11-17/h5-7,10-11,15-16H,12-14H2,1-4H3,(H2,19,20,22). The lowest BCUT2D eigenvalue weighted by Crippen LogP contribution is -2.37. The number of hydrogen-bond donors (Lipinski definition) is 2. The molecule has 0 radical (unpaired) electrons. The Morgan fingerprint density at radius 3 is 2.27 bits per heavy atom. The Morgan fingerprint density at radius 2 is 1.68 bits per heavy atom. The van der Waals surface area contributed by atoms with Gasteiger partial charge in [-0.1, -0.05) is 42.2 Å². The van der Waals surface area contributed by atoms with E-state index in [1.807, 2.05) is 30.3 Å². The number of amides is 2. The van der Waals surface area contributed by atoms with Gasteiger partial charge in [0.25, 0.3) is 0 Å². The zero-order chi connectivity index (χ0) is 16.4. The summed E-state index contributed by atoms with van der Waals surface area (Å²) in [7, 11) is 0. The van der Waals surface area contributed by atoms with Crippen LogP contribution in [0.5, 0.6) is 0 Å². The third-order valence-corrected chi connectivity index (χ3v) is 3.35. The Labute approximate surface area is 134 Å². The van der Waals surface area contributed by atoms with Crippen molar-refractivity contribution < 1.29 is 4.79 Å². The molecule has 1 rings (SSSR count). The Kier molecular flexibility index (Phi) is 8.09. The van der Waals surface area contributed by atoms with Gasteiger partial charge in [0.15, 0.2) is 0 Å². The first-order chi connectivity index (χ1) is 10.5. The van der Waals surface area contributed by atoms with Crippen molar-refractivity contribution in [2.24, 2.45) is 0 Å². The van der Waals surface area contributed by atoms with E-state index in [1.165, 1.54) is 0 Å². The van der Waals surface area contributed by atoms with Crippen LogP contribution in [0.1, 0.15) is 33.3 Å². The molecular weight excluding hydrogens is 274 g/mol. The lowest BCUT2D eigenvalue weighted by molar-refractivity contribution is 0.200. The molecule has 0 aliphatic carbocycles. The fraction of sp³-hybridized carbons (Fsp3) is 0.500. The molecule has 0 saturated carbocycles. The third-order valence-electron chi connectivity index (χ3n) is 3.35. The van der Waals surface area contributed by atoms with Crippen LogP contribution in [0, 0.1) is 11.8 Å². The number of nitrogens with zero attached hydrogens (tertiary/aromatic N) is 1. The monoisotopic (exact) mass is 301 g/mol. The van der Waals surface area contributed by atoms with E-state index in [4.69, 9.17) is 0 Å². The maximum Gasteiger partial charge on any atom is 0.315 e. The van der Waals surface area contributed by atoms with Gasteiger partial charge in [0.2, 0.25) is 0 Å². The average Bonchev–Trinajstić information content (AvgIpc) is 2.49. The Hall–Kier alpha value is -1.99. The summed E-state index contributed by atoms with van der Waals surface area (Å²) in [4.78, 5) is 13.9. The molecule has 1 aromatic carbocycles. The van der Waals surface area contributed by atoms with Gasteiger partial charge in [-0.3, -0.25) is 4.90 Å². The van der Waals surface area contributed by atoms with Crippen molar-refractivity contribution in [1.82, 2.24) is 15.5 Å². The minimum absolute atomic E-state index is 0.192. The normalized spacial score (nSPS) is 10.5. The van der Waals surface area contributed by atoms with Crippen molar-refractivity contribution >= 4 is 6.03 Å². The molecule has 0 unspecified atom stereocenters. The van der Waals surface area contributed by atoms with Crippen molar-refractivity contribution in [3.63, 3.8) is 0 Å². The fourth-order valence-electron chi connectivity index (χ4n) is 2.14. The maximum atomic E-state index is 11.6. The number of carbonyl (C=O) groups is 1. The molecular formula is C18H27N3O. The van der Waals surface area contributed by atoms with E-state index >= 15 is 0 Å². The van der Waals surface area contributed by atoms with E-state index in [-0.39, 0.29) is 6.03 Å². The number of benzene rings is 1. The van der Waals surface area contributed by atoms with Crippen LogP contribution >= 0.6 is 0 Å². The van der Waals surface area contributed by atoms with Crippen molar-refractivity contribution in [1.29, 1.82) is 0 Å². The quantitative estimate of drug-likeness (QED) is 0.793. The van der Waals surface area contributed by atoms with Crippen LogP contribution in [0.4, 0.5) is 4.79 Å². The second-order valence-electron chi connectivity index (χ2n) is 5.74. The summed E-state index contributed by atoms with van der Waals surface area (Å²) in [5, 5.41) is 5.55. The van der Waals surface area contributed by atoms with E-state index in [9.17, 15) is 4.79 Å². The summed E-state index contributed by atoms with van der Waals surface area (Å²) in [6, 6.07) is 10.6. The first-order valence-electron chi connectivity index (χ1n) is 7.77. The molecule has 0 atom stereocenters. The maximum absolute atomic E-state index is 11.6. The number of carbonyl (C=O) groups excluding carboxylic acids is 1. The highest BCUT2D eigenvalue weighted by Gasteiger charge is 2.10. The van der Waals surface area contributed by atoms with E-state index in [0.29, 0.717) is 25.2 Å². The van der Waals surface area contributed by atoms with E-state index in [2.05, 4.69) is 55.1 Å². The smallest absolute Gasteiger partial charge is 0.315 e. The average molecular weight is 301 g/mol. The van der Waals surface area contributed by atoms with E-state index < -0.39 is 0 Å². The molecule has 0 heterocycles. The number of hydrogen-bond acceptors (Lipinski definition) is 2. The highest BCUT2D eigenvalue weighted by atomic mass is 16.2. The van der Waals surface area contributed by atoms with Gasteiger partial charge in [0.05, 0.1) is 13.1 Å². The summed E-state index contributed by atoms with van der Waals surface area (Å²) in [6.45, 7) is 10.3. The number of rotatable bonds is 6. The predicted octanol–water partition coefficient (Wildman–Crippen LogP) is 2.61. The van der Waals surface area contributed by atoms with Gasteiger partial charge in [0.1, 0.15) is 0 Å². The van der Waals surface area contributed by atoms with Gasteiger partial charge in [-0.2, -0.15) is 0 Å². The summed E-state index contributed by atoms with van der Waals surface area (Å²) < 4.78 is 0. The minimum atomic E-state index is -0.192. The lowest BCUT2D eigenvalue weighted by Gasteiger charge is -2.28. The topological polar surface area (TPSA) is 44.4 Å². The highest BCUT2D eigenvalue weighted by Crippen LogP contribution is 2.02. The third kappa shape index (κ3) is 7.14. The Morgan fingerprint density at radius 1 is 1.05 bits per heavy atom. The molecule has 120 valence electrons. The molecule has 22 heavy (non-hydrogen) atoms. The summed E-state index contributed by atoms with van der Waals surface area (Å²) in [6.07, 6.45) is 0. The predicted molar refractivity (Wildman–Crippen MR) is 91.4 cm³/mol. The Balaban J connectivity index is 2.24. The molecule has 0 aromatic heterocycles. The molecule has 0 spiro atoms. The first kappa shape index (κ1) is 18.1. The molecule has 0 fully saturated rings. The molecule has 2 amide bonds. The summed E-state index contributed by atoms with van der Waals surface area (Å²) >= 11 is 0. The van der Waals surface area contributed by atoms with Crippen molar-refractivity contribution in [3.8, 4) is 11.8 Å². The molecule has 1 aromatic rings. The van der Waals surface area contributed by atoms with Crippen LogP contribution < -0.4 is 10.6 Å². The van der Waals surface area contributed by atoms with Crippen LogP contribution in [-0.2, 0) is 6.54 Å². The minimum Gasteiger partial charge on any atom is -0.334 e. The second kappa shape index (κ2) is 9.86. The molecule has 4 heteroatoms. The van der Waals surface area contributed by atoms with Crippen LogP contribution in [0.15, 0.2) is 30.3 Å². The van der Waals surface area contributed by atoms with Gasteiger partial charge < -0.3 is 10.6 Å². The van der Waals surface area contributed by atoms with E-state index in [1.54, 1.807) is 0 Å². The molecule has 0 bridgehead atoms. The molecule has 0 aliphatic rings. The van der Waals surface area contributed by atoms with Gasteiger partial charge >= 0.3 is 6.03 Å². The van der Waals surface area contributed by atoms with Crippen molar-refractivity contribution in [2.75, 3.05) is 13.1 Å². The van der Waals surface area contributed by atoms with Crippen LogP contribution in [0.2, 0.25) is 0 Å². The van der Waals surface area contributed by atoms with Crippen LogP contribution in [0.25, 0.3) is 0 Å². The fourth-order valence-corrected chi connectivity index (χ4v) is 2.14. The van der Waals surface area contributed by atoms with Gasteiger partial charge in [-0.15, -0.1) is 0 Å². The molecule has 0 aliphatic heterocycles. The van der Waals surface area contributed by atoms with E-state index in [0.717, 1.165) is 12.1 Å². The molecule has 4 nitrogen and oxygen atoms in total. The van der Waals surface area contributed by atoms with Gasteiger partial charge in [-0.05, 0) is 33.3 Å². The zero-order valence-corrected chi connectivity index (χ0v) is 14.0. The second-order valence-corrected chi connectivity index (χ2v) is 5.74. The molecule has 2 N–H and O–H groups in total. The largest absolute Gasteiger partial charge is 0.334 e. The summed E-state index contributed by atoms with van der Waals surface area (Å²) in [5.74, 6) is 6.10.